The number of rotatable bonds is 1. The SMILES string of the molecule is C[C@@]12CCC3[C@@](CCC4[C@@]3(C)CCC[C@@]4(C)C(=O)N3CCCCC3)(CC1=O)C2. The zero-order chi connectivity index (χ0) is 19.8. The van der Waals surface area contributed by atoms with Gasteiger partial charge >= 0.3 is 0 Å². The fourth-order valence-corrected chi connectivity index (χ4v) is 9.22. The van der Waals surface area contributed by atoms with Gasteiger partial charge in [0.2, 0.25) is 5.91 Å². The molecular formula is C25H39NO2. The summed E-state index contributed by atoms with van der Waals surface area (Å²) in [6, 6.07) is 0. The second-order valence-electron chi connectivity index (χ2n) is 12.0. The summed E-state index contributed by atoms with van der Waals surface area (Å²) in [5.74, 6) is 2.15. The Morgan fingerprint density at radius 1 is 0.893 bits per heavy atom. The van der Waals surface area contributed by atoms with E-state index < -0.39 is 0 Å². The molecule has 5 aliphatic rings. The van der Waals surface area contributed by atoms with E-state index in [4.69, 9.17) is 0 Å². The Bertz CT molecular complexity index is 697. The van der Waals surface area contributed by atoms with Crippen LogP contribution in [0, 0.1) is 33.5 Å². The molecule has 4 aliphatic carbocycles. The van der Waals surface area contributed by atoms with Gasteiger partial charge in [-0.15, -0.1) is 0 Å². The van der Waals surface area contributed by atoms with Crippen molar-refractivity contribution in [3.63, 3.8) is 0 Å². The minimum absolute atomic E-state index is 0.0404. The van der Waals surface area contributed by atoms with E-state index >= 15 is 0 Å². The van der Waals surface area contributed by atoms with E-state index in [1.165, 1.54) is 44.9 Å². The monoisotopic (exact) mass is 385 g/mol. The van der Waals surface area contributed by atoms with Crippen molar-refractivity contribution in [2.24, 2.45) is 33.5 Å². The molecule has 28 heavy (non-hydrogen) atoms. The molecule has 1 saturated heterocycles. The fourth-order valence-electron chi connectivity index (χ4n) is 9.22. The van der Waals surface area contributed by atoms with Crippen LogP contribution in [0.4, 0.5) is 0 Å². The maximum Gasteiger partial charge on any atom is 0.228 e. The Hall–Kier alpha value is -0.860. The number of Topliss-reactive ketones (excluding diaryl/α,β-unsaturated/α-hetero) is 1. The highest BCUT2D eigenvalue weighted by Gasteiger charge is 2.68. The van der Waals surface area contributed by atoms with Crippen molar-refractivity contribution in [2.75, 3.05) is 13.1 Å². The van der Waals surface area contributed by atoms with Crippen LogP contribution in [-0.2, 0) is 9.59 Å². The van der Waals surface area contributed by atoms with Crippen LogP contribution in [0.5, 0.6) is 0 Å². The van der Waals surface area contributed by atoms with Crippen molar-refractivity contribution < 1.29 is 9.59 Å². The number of carbonyl (C=O) groups is 2. The molecule has 6 atom stereocenters. The molecule has 2 bridgehead atoms. The van der Waals surface area contributed by atoms with Crippen molar-refractivity contribution in [3.05, 3.63) is 0 Å². The zero-order valence-electron chi connectivity index (χ0n) is 18.3. The molecule has 1 spiro atoms. The van der Waals surface area contributed by atoms with E-state index in [0.29, 0.717) is 23.5 Å². The van der Waals surface area contributed by atoms with Gasteiger partial charge in [-0.05, 0) is 86.9 Å². The summed E-state index contributed by atoms with van der Waals surface area (Å²) in [4.78, 5) is 28.8. The molecule has 0 aromatic carbocycles. The molecule has 5 rings (SSSR count). The minimum atomic E-state index is -0.185. The number of piperidine rings is 1. The number of amides is 1. The average molecular weight is 386 g/mol. The first kappa shape index (κ1) is 19.1. The summed E-state index contributed by atoms with van der Waals surface area (Å²) in [7, 11) is 0. The largest absolute Gasteiger partial charge is 0.342 e. The summed E-state index contributed by atoms with van der Waals surface area (Å²) in [6.07, 6.45) is 13.7. The maximum absolute atomic E-state index is 13.8. The normalized spacial score (nSPS) is 50.8. The summed E-state index contributed by atoms with van der Waals surface area (Å²) >= 11 is 0. The van der Waals surface area contributed by atoms with Gasteiger partial charge in [-0.3, -0.25) is 9.59 Å². The van der Waals surface area contributed by atoms with Gasteiger partial charge in [0.25, 0.3) is 0 Å². The van der Waals surface area contributed by atoms with Crippen LogP contribution in [0.3, 0.4) is 0 Å². The quantitative estimate of drug-likeness (QED) is 0.608. The molecule has 1 amide bonds. The predicted molar refractivity (Wildman–Crippen MR) is 111 cm³/mol. The first-order valence-electron chi connectivity index (χ1n) is 12.1. The first-order valence-corrected chi connectivity index (χ1v) is 12.1. The molecule has 3 nitrogen and oxygen atoms in total. The molecule has 0 N–H and O–H groups in total. The van der Waals surface area contributed by atoms with Crippen molar-refractivity contribution in [1.82, 2.24) is 4.90 Å². The second-order valence-corrected chi connectivity index (χ2v) is 12.0. The fraction of sp³-hybridized carbons (Fsp3) is 0.920. The standard InChI is InChI=1S/C25H39NO2/c1-22-12-8-19-23(2)10-7-11-24(3,21(28)26-14-5-4-6-15-26)18(23)9-13-25(19,17-22)16-20(22)27/h18-19H,4-17H2,1-3H3/t18?,19?,22-,23+,24+,25-/m0/s1. The van der Waals surface area contributed by atoms with Gasteiger partial charge < -0.3 is 4.90 Å². The molecule has 5 fully saturated rings. The van der Waals surface area contributed by atoms with Gasteiger partial charge in [-0.1, -0.05) is 27.2 Å². The molecule has 2 unspecified atom stereocenters. The molecule has 0 aromatic heterocycles. The molecule has 0 aromatic rings. The second kappa shape index (κ2) is 6.08. The predicted octanol–water partition coefficient (Wildman–Crippen LogP) is 5.37. The Balaban J connectivity index is 1.47. The van der Waals surface area contributed by atoms with Crippen molar-refractivity contribution in [2.45, 2.75) is 97.8 Å². The zero-order valence-corrected chi connectivity index (χ0v) is 18.3. The highest BCUT2D eigenvalue weighted by Crippen LogP contribution is 2.73. The van der Waals surface area contributed by atoms with Crippen LogP contribution >= 0.6 is 0 Å². The van der Waals surface area contributed by atoms with Crippen molar-refractivity contribution in [1.29, 1.82) is 0 Å². The van der Waals surface area contributed by atoms with Gasteiger partial charge in [-0.25, -0.2) is 0 Å². The van der Waals surface area contributed by atoms with Crippen LogP contribution in [0.25, 0.3) is 0 Å². The van der Waals surface area contributed by atoms with E-state index in [2.05, 4.69) is 25.7 Å². The lowest BCUT2D eigenvalue weighted by Crippen LogP contribution is -2.60. The van der Waals surface area contributed by atoms with E-state index in [0.717, 1.165) is 45.2 Å². The van der Waals surface area contributed by atoms with Crippen LogP contribution in [0.15, 0.2) is 0 Å². The Morgan fingerprint density at radius 2 is 1.61 bits per heavy atom. The lowest BCUT2D eigenvalue weighted by molar-refractivity contribution is -0.178. The number of likely N-dealkylation sites (tertiary alicyclic amines) is 1. The highest BCUT2D eigenvalue weighted by molar-refractivity contribution is 5.88. The third kappa shape index (κ3) is 2.40. The number of hydrogen-bond donors (Lipinski definition) is 0. The summed E-state index contributed by atoms with van der Waals surface area (Å²) < 4.78 is 0. The van der Waals surface area contributed by atoms with E-state index in [1.54, 1.807) is 0 Å². The molecule has 3 heteroatoms. The lowest BCUT2D eigenvalue weighted by atomic mass is 9.40. The van der Waals surface area contributed by atoms with Crippen molar-refractivity contribution in [3.8, 4) is 0 Å². The van der Waals surface area contributed by atoms with Crippen LogP contribution in [-0.4, -0.2) is 29.7 Å². The molecular weight excluding hydrogens is 346 g/mol. The number of ketones is 1. The number of nitrogens with zero attached hydrogens (tertiary/aromatic N) is 1. The summed E-state index contributed by atoms with van der Waals surface area (Å²) in [5, 5.41) is 0. The molecule has 1 heterocycles. The van der Waals surface area contributed by atoms with Gasteiger partial charge in [0, 0.05) is 30.3 Å². The van der Waals surface area contributed by atoms with Crippen LogP contribution in [0.1, 0.15) is 97.8 Å². The van der Waals surface area contributed by atoms with Crippen LogP contribution in [0.2, 0.25) is 0 Å². The molecule has 1 aliphatic heterocycles. The van der Waals surface area contributed by atoms with Gasteiger partial charge in [0.1, 0.15) is 5.78 Å². The molecule has 4 saturated carbocycles. The Kier molecular flexibility index (Phi) is 4.15. The van der Waals surface area contributed by atoms with Crippen LogP contribution < -0.4 is 0 Å². The number of carbonyl (C=O) groups excluding carboxylic acids is 2. The van der Waals surface area contributed by atoms with Gasteiger partial charge in [0.05, 0.1) is 0 Å². The Labute approximate surface area is 171 Å². The average Bonchev–Trinajstić information content (AvgIpc) is 2.85. The van der Waals surface area contributed by atoms with Crippen molar-refractivity contribution >= 4 is 11.7 Å². The topological polar surface area (TPSA) is 37.4 Å². The van der Waals surface area contributed by atoms with Gasteiger partial charge in [0.15, 0.2) is 0 Å². The number of fused-ring (bicyclic) bond motifs is 3. The smallest absolute Gasteiger partial charge is 0.228 e. The van der Waals surface area contributed by atoms with E-state index in [9.17, 15) is 9.59 Å². The van der Waals surface area contributed by atoms with E-state index in [-0.39, 0.29) is 21.7 Å². The maximum atomic E-state index is 13.8. The Morgan fingerprint density at radius 3 is 2.36 bits per heavy atom. The summed E-state index contributed by atoms with van der Waals surface area (Å²) in [6.45, 7) is 9.02. The third-order valence-corrected chi connectivity index (χ3v) is 10.5. The molecule has 0 radical (unpaired) electrons. The lowest BCUT2D eigenvalue weighted by Gasteiger charge is -2.64. The molecule has 156 valence electrons. The van der Waals surface area contributed by atoms with E-state index in [1.807, 2.05) is 0 Å². The summed E-state index contributed by atoms with van der Waals surface area (Å²) in [5.41, 5.74) is 0.265. The minimum Gasteiger partial charge on any atom is -0.342 e. The van der Waals surface area contributed by atoms with Gasteiger partial charge in [-0.2, -0.15) is 0 Å². The first-order chi connectivity index (χ1) is 13.2. The number of hydrogen-bond acceptors (Lipinski definition) is 2. The highest BCUT2D eigenvalue weighted by atomic mass is 16.2. The third-order valence-electron chi connectivity index (χ3n) is 10.5.